The highest BCUT2D eigenvalue weighted by Crippen LogP contribution is 1.98. The smallest absolute Gasteiger partial charge is 0.235 e. The molecule has 0 aliphatic carbocycles. The van der Waals surface area contributed by atoms with Gasteiger partial charge in [0.1, 0.15) is 0 Å². The first-order valence-corrected chi connectivity index (χ1v) is 4.53. The van der Waals surface area contributed by atoms with E-state index in [0.717, 1.165) is 0 Å². The normalized spacial score (nSPS) is 8.93. The van der Waals surface area contributed by atoms with Gasteiger partial charge in [-0.15, -0.1) is 0 Å². The molecule has 1 rings (SSSR count). The van der Waals surface area contributed by atoms with Crippen LogP contribution < -0.4 is 0 Å². The lowest BCUT2D eigenvalue weighted by atomic mass is 10.1. The maximum absolute atomic E-state index is 11.4. The van der Waals surface area contributed by atoms with Gasteiger partial charge in [0.25, 0.3) is 0 Å². The Morgan fingerprint density at radius 2 is 2.00 bits per heavy atom. The molecule has 0 unspecified atom stereocenters. The third kappa shape index (κ3) is 3.42. The van der Waals surface area contributed by atoms with Crippen molar-refractivity contribution in [1.82, 2.24) is 0 Å². The summed E-state index contributed by atoms with van der Waals surface area (Å²) in [6.07, 6.45) is 1.18. The zero-order valence-electron chi connectivity index (χ0n) is 7.86. The van der Waals surface area contributed by atoms with Crippen LogP contribution >= 0.6 is 0 Å². The maximum atomic E-state index is 11.4. The summed E-state index contributed by atoms with van der Waals surface area (Å²) in [7, 11) is 0. The van der Waals surface area contributed by atoms with Gasteiger partial charge in [-0.25, -0.2) is 0 Å². The van der Waals surface area contributed by atoms with Crippen LogP contribution in [0.15, 0.2) is 30.3 Å². The van der Waals surface area contributed by atoms with Gasteiger partial charge in [0.05, 0.1) is 0 Å². The number of hydrogen-bond acceptors (Lipinski definition) is 2. The average molecular weight is 188 g/mol. The summed E-state index contributed by atoms with van der Waals surface area (Å²) in [6.45, 7) is 0.119. The monoisotopic (exact) mass is 188 g/mol. The van der Waals surface area contributed by atoms with Crippen LogP contribution in [0.5, 0.6) is 0 Å². The summed E-state index contributed by atoms with van der Waals surface area (Å²) in [6, 6.07) is 8.95. The van der Waals surface area contributed by atoms with Gasteiger partial charge < -0.3 is 5.11 Å². The van der Waals surface area contributed by atoms with Gasteiger partial charge in [-0.1, -0.05) is 36.3 Å². The number of aliphatic hydroxyl groups excluding tert-OH is 1. The van der Waals surface area contributed by atoms with E-state index in [2.05, 4.69) is 11.8 Å². The molecule has 0 aliphatic heterocycles. The van der Waals surface area contributed by atoms with E-state index in [-0.39, 0.29) is 12.4 Å². The van der Waals surface area contributed by atoms with Crippen molar-refractivity contribution in [2.75, 3.05) is 6.61 Å². The highest BCUT2D eigenvalue weighted by atomic mass is 16.2. The Hall–Kier alpha value is -1.59. The van der Waals surface area contributed by atoms with Crippen molar-refractivity contribution >= 4 is 5.78 Å². The first-order chi connectivity index (χ1) is 6.84. The van der Waals surface area contributed by atoms with Crippen LogP contribution in [0, 0.1) is 11.8 Å². The van der Waals surface area contributed by atoms with Crippen molar-refractivity contribution < 1.29 is 9.90 Å². The fourth-order valence-electron chi connectivity index (χ4n) is 0.972. The lowest BCUT2D eigenvalue weighted by Crippen LogP contribution is -1.93. The van der Waals surface area contributed by atoms with Crippen molar-refractivity contribution in [2.45, 2.75) is 12.8 Å². The zero-order valence-corrected chi connectivity index (χ0v) is 7.86. The number of Topliss-reactive ketones (excluding diaryl/α,β-unsaturated/α-hetero) is 1. The van der Waals surface area contributed by atoms with Gasteiger partial charge in [-0.2, -0.15) is 0 Å². The Balaban J connectivity index is 2.53. The third-order valence-corrected chi connectivity index (χ3v) is 1.70. The number of carbonyl (C=O) groups excluding carboxylic acids is 1. The van der Waals surface area contributed by atoms with Crippen LogP contribution in [-0.2, 0) is 0 Å². The van der Waals surface area contributed by atoms with E-state index in [1.807, 2.05) is 18.2 Å². The lowest BCUT2D eigenvalue weighted by molar-refractivity contribution is 0.105. The van der Waals surface area contributed by atoms with Gasteiger partial charge in [0.15, 0.2) is 0 Å². The first kappa shape index (κ1) is 10.5. The summed E-state index contributed by atoms with van der Waals surface area (Å²) in [5.74, 6) is 5.10. The number of ketones is 1. The molecule has 0 fully saturated rings. The molecule has 1 aromatic rings. The molecule has 1 N–H and O–H groups in total. The van der Waals surface area contributed by atoms with Crippen LogP contribution in [0.25, 0.3) is 0 Å². The number of carbonyl (C=O) groups is 1. The molecule has 0 aliphatic rings. The van der Waals surface area contributed by atoms with Crippen molar-refractivity contribution in [3.05, 3.63) is 35.9 Å². The number of aliphatic hydroxyl groups is 1. The third-order valence-electron chi connectivity index (χ3n) is 1.70. The Morgan fingerprint density at radius 1 is 1.29 bits per heavy atom. The average Bonchev–Trinajstić information content (AvgIpc) is 2.25. The molecule has 1 aromatic carbocycles. The molecule has 72 valence electrons. The largest absolute Gasteiger partial charge is 0.396 e. The molecule has 0 saturated heterocycles. The minimum absolute atomic E-state index is 0.119. The van der Waals surface area contributed by atoms with Crippen LogP contribution in [0.2, 0.25) is 0 Å². The Kier molecular flexibility index (Phi) is 4.46. The molecule has 0 atom stereocenters. The molecular formula is C12H12O2. The highest BCUT2D eigenvalue weighted by molar-refractivity contribution is 6.08. The van der Waals surface area contributed by atoms with Crippen molar-refractivity contribution in [1.29, 1.82) is 0 Å². The van der Waals surface area contributed by atoms with E-state index in [0.29, 0.717) is 18.4 Å². The summed E-state index contributed by atoms with van der Waals surface area (Å²) >= 11 is 0. The second-order valence-corrected chi connectivity index (χ2v) is 2.82. The van der Waals surface area contributed by atoms with E-state index in [1.165, 1.54) is 0 Å². The Bertz CT molecular complexity index is 344. The van der Waals surface area contributed by atoms with E-state index in [9.17, 15) is 4.79 Å². The maximum Gasteiger partial charge on any atom is 0.235 e. The van der Waals surface area contributed by atoms with Crippen LogP contribution in [-0.4, -0.2) is 17.5 Å². The molecule has 0 saturated carbocycles. The predicted octanol–water partition coefficient (Wildman–Crippen LogP) is 1.65. The van der Waals surface area contributed by atoms with E-state index >= 15 is 0 Å². The molecule has 0 heterocycles. The molecular weight excluding hydrogens is 176 g/mol. The first-order valence-electron chi connectivity index (χ1n) is 4.53. The second-order valence-electron chi connectivity index (χ2n) is 2.82. The molecule has 14 heavy (non-hydrogen) atoms. The van der Waals surface area contributed by atoms with Crippen LogP contribution in [0.1, 0.15) is 23.2 Å². The Labute approximate surface area is 83.6 Å². The predicted molar refractivity (Wildman–Crippen MR) is 54.9 cm³/mol. The Morgan fingerprint density at radius 3 is 2.64 bits per heavy atom. The topological polar surface area (TPSA) is 37.3 Å². The highest BCUT2D eigenvalue weighted by Gasteiger charge is 1.98. The van der Waals surface area contributed by atoms with Gasteiger partial charge in [0, 0.05) is 18.6 Å². The number of rotatable bonds is 3. The summed E-state index contributed by atoms with van der Waals surface area (Å²) in [4.78, 5) is 11.4. The quantitative estimate of drug-likeness (QED) is 0.339. The summed E-state index contributed by atoms with van der Waals surface area (Å²) in [5.41, 5.74) is 0.615. The standard InChI is InChI=1S/C12H12O2/c13-10-6-2-5-9-12(14)11-7-3-1-4-8-11/h1,3-4,7-8,13H,2,6,10H2. The van der Waals surface area contributed by atoms with Crippen molar-refractivity contribution in [3.8, 4) is 11.8 Å². The van der Waals surface area contributed by atoms with Gasteiger partial charge in [-0.05, 0) is 12.3 Å². The van der Waals surface area contributed by atoms with Gasteiger partial charge in [-0.3, -0.25) is 4.79 Å². The number of benzene rings is 1. The molecule has 2 heteroatoms. The van der Waals surface area contributed by atoms with E-state index < -0.39 is 0 Å². The molecule has 0 bridgehead atoms. The minimum atomic E-state index is -0.163. The van der Waals surface area contributed by atoms with E-state index in [1.54, 1.807) is 12.1 Å². The number of unbranched alkanes of at least 4 members (excludes halogenated alkanes) is 1. The number of hydrogen-bond donors (Lipinski definition) is 1. The van der Waals surface area contributed by atoms with Crippen molar-refractivity contribution in [3.63, 3.8) is 0 Å². The second kappa shape index (κ2) is 5.95. The minimum Gasteiger partial charge on any atom is -0.396 e. The fraction of sp³-hybridized carbons (Fsp3) is 0.250. The lowest BCUT2D eigenvalue weighted by Gasteiger charge is -1.90. The molecule has 0 radical (unpaired) electrons. The van der Waals surface area contributed by atoms with Gasteiger partial charge in [0.2, 0.25) is 5.78 Å². The van der Waals surface area contributed by atoms with Gasteiger partial charge >= 0.3 is 0 Å². The fourth-order valence-corrected chi connectivity index (χ4v) is 0.972. The van der Waals surface area contributed by atoms with Crippen LogP contribution in [0.4, 0.5) is 0 Å². The molecule has 2 nitrogen and oxygen atoms in total. The molecule has 0 spiro atoms. The molecule has 0 aromatic heterocycles. The zero-order chi connectivity index (χ0) is 10.2. The van der Waals surface area contributed by atoms with E-state index in [4.69, 9.17) is 5.11 Å². The van der Waals surface area contributed by atoms with Crippen molar-refractivity contribution in [2.24, 2.45) is 0 Å². The van der Waals surface area contributed by atoms with Crippen LogP contribution in [0.3, 0.4) is 0 Å². The summed E-state index contributed by atoms with van der Waals surface area (Å²) in [5, 5.41) is 8.50. The molecule has 0 amide bonds. The SMILES string of the molecule is O=C(C#CCCCO)c1ccccc1. The summed E-state index contributed by atoms with van der Waals surface area (Å²) < 4.78 is 0.